The molecule has 0 radical (unpaired) electrons. The number of aryl methyl sites for hydroxylation is 1. The van der Waals surface area contributed by atoms with Crippen molar-refractivity contribution in [2.45, 2.75) is 48.8 Å². The Kier molecular flexibility index (Phi) is 5.42. The second-order valence-corrected chi connectivity index (χ2v) is 9.70. The molecule has 4 rings (SSSR count). The fraction of sp³-hybridized carbons (Fsp3) is 0.429. The molecular weight excluding hydrogens is 394 g/mol. The van der Waals surface area contributed by atoms with Crippen molar-refractivity contribution >= 4 is 9.84 Å². The molecule has 2 heterocycles. The van der Waals surface area contributed by atoms with Crippen molar-refractivity contribution in [3.63, 3.8) is 0 Å². The molecule has 1 fully saturated rings. The van der Waals surface area contributed by atoms with E-state index in [0.29, 0.717) is 5.56 Å². The number of fused-ring (bicyclic) bond motifs is 1. The van der Waals surface area contributed by atoms with Crippen LogP contribution in [-0.2, 0) is 16.3 Å². The number of ether oxygens (including phenoxy) is 2. The number of benzene rings is 2. The number of phenolic OH excluding ortho intramolecular Hbond substituents is 1. The largest absolute Gasteiger partial charge is 0.507 e. The molecule has 0 aromatic heterocycles. The van der Waals surface area contributed by atoms with Gasteiger partial charge in [-0.25, -0.2) is 8.42 Å². The molecule has 0 amide bonds. The van der Waals surface area contributed by atoms with Gasteiger partial charge in [-0.1, -0.05) is 12.1 Å². The van der Waals surface area contributed by atoms with Gasteiger partial charge in [0, 0.05) is 18.3 Å². The molecule has 3 atom stereocenters. The van der Waals surface area contributed by atoms with E-state index in [1.807, 2.05) is 18.2 Å². The number of aromatic hydroxyl groups is 1. The molecule has 0 spiro atoms. The maximum atomic E-state index is 11.8. The molecule has 0 aliphatic carbocycles. The molecule has 29 heavy (non-hydrogen) atoms. The fourth-order valence-corrected chi connectivity index (χ4v) is 4.81. The Labute approximate surface area is 170 Å². The van der Waals surface area contributed by atoms with Gasteiger partial charge in [-0.3, -0.25) is 0 Å². The van der Waals surface area contributed by atoms with E-state index in [4.69, 9.17) is 9.47 Å². The van der Waals surface area contributed by atoms with Gasteiger partial charge in [0.25, 0.3) is 0 Å². The molecule has 0 bridgehead atoms. The fourth-order valence-electron chi connectivity index (χ4n) is 4.01. The predicted molar refractivity (Wildman–Crippen MR) is 107 cm³/mol. The second kappa shape index (κ2) is 7.85. The Bertz CT molecular complexity index is 1010. The Balaban J connectivity index is 1.37. The van der Waals surface area contributed by atoms with E-state index in [1.165, 1.54) is 17.7 Å². The normalized spacial score (nSPS) is 22.0. The summed E-state index contributed by atoms with van der Waals surface area (Å²) in [6.45, 7) is 0.265. The van der Waals surface area contributed by atoms with Gasteiger partial charge in [0.2, 0.25) is 6.79 Å². The highest BCUT2D eigenvalue weighted by Gasteiger charge is 2.30. The van der Waals surface area contributed by atoms with E-state index in [2.05, 4.69) is 5.32 Å². The third kappa shape index (κ3) is 4.34. The minimum Gasteiger partial charge on any atom is -0.507 e. The van der Waals surface area contributed by atoms with E-state index in [1.54, 1.807) is 6.07 Å². The van der Waals surface area contributed by atoms with Crippen molar-refractivity contribution in [3.05, 3.63) is 47.5 Å². The van der Waals surface area contributed by atoms with Gasteiger partial charge in [-0.2, -0.15) is 0 Å². The summed E-state index contributed by atoms with van der Waals surface area (Å²) in [5.74, 6) is 1.26. The van der Waals surface area contributed by atoms with E-state index in [9.17, 15) is 18.6 Å². The molecule has 3 unspecified atom stereocenters. The summed E-state index contributed by atoms with van der Waals surface area (Å²) in [6, 6.07) is 10.3. The number of nitrogens with one attached hydrogen (secondary N) is 1. The molecule has 2 aliphatic rings. The van der Waals surface area contributed by atoms with Gasteiger partial charge in [0.15, 0.2) is 21.3 Å². The van der Waals surface area contributed by atoms with Crippen LogP contribution >= 0.6 is 0 Å². The van der Waals surface area contributed by atoms with Crippen LogP contribution in [0.4, 0.5) is 0 Å². The SMILES string of the molecule is CS(=O)(=O)c1cc(C(O)C2CCC(CCc3ccc4c(c3)OCO4)N2)ccc1O. The second-order valence-electron chi connectivity index (χ2n) is 7.72. The lowest BCUT2D eigenvalue weighted by Crippen LogP contribution is -2.34. The molecular formula is C21H25NO6S. The summed E-state index contributed by atoms with van der Waals surface area (Å²) in [5, 5.41) is 24.0. The Morgan fingerprint density at radius 3 is 2.72 bits per heavy atom. The Morgan fingerprint density at radius 1 is 1.14 bits per heavy atom. The Hall–Kier alpha value is -2.29. The van der Waals surface area contributed by atoms with Crippen LogP contribution in [0.3, 0.4) is 0 Å². The Morgan fingerprint density at radius 2 is 1.93 bits per heavy atom. The van der Waals surface area contributed by atoms with Crippen LogP contribution < -0.4 is 14.8 Å². The molecule has 3 N–H and O–H groups in total. The van der Waals surface area contributed by atoms with Crippen LogP contribution in [0.25, 0.3) is 0 Å². The highest BCUT2D eigenvalue weighted by molar-refractivity contribution is 7.90. The zero-order valence-corrected chi connectivity index (χ0v) is 17.0. The van der Waals surface area contributed by atoms with Crippen LogP contribution in [0.1, 0.15) is 36.5 Å². The first kappa shape index (κ1) is 20.0. The van der Waals surface area contributed by atoms with Crippen molar-refractivity contribution < 1.29 is 28.1 Å². The monoisotopic (exact) mass is 419 g/mol. The zero-order valence-electron chi connectivity index (χ0n) is 16.2. The summed E-state index contributed by atoms with van der Waals surface area (Å²) in [4.78, 5) is -0.161. The van der Waals surface area contributed by atoms with E-state index in [-0.39, 0.29) is 29.5 Å². The summed E-state index contributed by atoms with van der Waals surface area (Å²) < 4.78 is 34.4. The molecule has 2 aromatic carbocycles. The highest BCUT2D eigenvalue weighted by Crippen LogP contribution is 2.34. The third-order valence-electron chi connectivity index (χ3n) is 5.60. The van der Waals surface area contributed by atoms with Crippen molar-refractivity contribution in [2.75, 3.05) is 13.0 Å². The van der Waals surface area contributed by atoms with Crippen molar-refractivity contribution in [3.8, 4) is 17.2 Å². The summed E-state index contributed by atoms with van der Waals surface area (Å²) in [7, 11) is -3.57. The van der Waals surface area contributed by atoms with Gasteiger partial charge in [0.05, 0.1) is 6.10 Å². The average molecular weight is 419 g/mol. The smallest absolute Gasteiger partial charge is 0.231 e. The maximum Gasteiger partial charge on any atom is 0.231 e. The van der Waals surface area contributed by atoms with Crippen LogP contribution in [0.5, 0.6) is 17.2 Å². The number of sulfone groups is 1. The minimum atomic E-state index is -3.57. The first-order chi connectivity index (χ1) is 13.8. The van der Waals surface area contributed by atoms with Crippen LogP contribution in [0, 0.1) is 0 Å². The van der Waals surface area contributed by atoms with Crippen molar-refractivity contribution in [2.24, 2.45) is 0 Å². The van der Waals surface area contributed by atoms with E-state index >= 15 is 0 Å². The van der Waals surface area contributed by atoms with Gasteiger partial charge in [0.1, 0.15) is 10.6 Å². The number of hydrogen-bond donors (Lipinski definition) is 3. The third-order valence-corrected chi connectivity index (χ3v) is 6.73. The highest BCUT2D eigenvalue weighted by atomic mass is 32.2. The van der Waals surface area contributed by atoms with Gasteiger partial charge >= 0.3 is 0 Å². The average Bonchev–Trinajstić information content (AvgIpc) is 3.34. The summed E-state index contributed by atoms with van der Waals surface area (Å²) >= 11 is 0. The van der Waals surface area contributed by atoms with Crippen LogP contribution in [0.15, 0.2) is 41.3 Å². The predicted octanol–water partition coefficient (Wildman–Crippen LogP) is 2.31. The minimum absolute atomic E-state index is 0.159. The molecule has 8 heteroatoms. The maximum absolute atomic E-state index is 11.8. The molecule has 2 aromatic rings. The number of hydrogen-bond acceptors (Lipinski definition) is 7. The topological polar surface area (TPSA) is 105 Å². The first-order valence-corrected chi connectivity index (χ1v) is 11.6. The lowest BCUT2D eigenvalue weighted by molar-refractivity contribution is 0.134. The zero-order chi connectivity index (χ0) is 20.6. The lowest BCUT2D eigenvalue weighted by atomic mass is 10.0. The van der Waals surface area contributed by atoms with Crippen LogP contribution in [0.2, 0.25) is 0 Å². The van der Waals surface area contributed by atoms with Gasteiger partial charge in [-0.05, 0) is 61.1 Å². The van der Waals surface area contributed by atoms with Gasteiger partial charge in [-0.15, -0.1) is 0 Å². The molecule has 2 aliphatic heterocycles. The summed E-state index contributed by atoms with van der Waals surface area (Å²) in [5.41, 5.74) is 1.66. The number of rotatable bonds is 6. The summed E-state index contributed by atoms with van der Waals surface area (Å²) in [6.07, 6.45) is 3.73. The number of aliphatic hydroxyl groups excluding tert-OH is 1. The number of aliphatic hydroxyl groups is 1. The molecule has 156 valence electrons. The lowest BCUT2D eigenvalue weighted by Gasteiger charge is -2.21. The molecule has 7 nitrogen and oxygen atoms in total. The standard InChI is InChI=1S/C21H25NO6S/c1-29(25,26)20-11-14(4-8-17(20)23)21(24)16-7-6-15(22-16)5-2-13-3-9-18-19(10-13)28-12-27-18/h3-4,8-11,15-16,21-24H,2,5-7,12H2,1H3. The molecule has 1 saturated heterocycles. The van der Waals surface area contributed by atoms with Crippen molar-refractivity contribution in [1.29, 1.82) is 0 Å². The number of phenols is 1. The quantitative estimate of drug-likeness (QED) is 0.660. The van der Waals surface area contributed by atoms with Crippen LogP contribution in [-0.4, -0.2) is 43.8 Å². The van der Waals surface area contributed by atoms with Gasteiger partial charge < -0.3 is 25.0 Å². The first-order valence-electron chi connectivity index (χ1n) is 9.67. The van der Waals surface area contributed by atoms with E-state index in [0.717, 1.165) is 43.4 Å². The van der Waals surface area contributed by atoms with E-state index < -0.39 is 15.9 Å². The molecule has 0 saturated carbocycles. The van der Waals surface area contributed by atoms with Crippen molar-refractivity contribution in [1.82, 2.24) is 5.32 Å².